The van der Waals surface area contributed by atoms with E-state index in [-0.39, 0.29) is 0 Å². The molecule has 0 aliphatic heterocycles. The first-order chi connectivity index (χ1) is 4.41. The van der Waals surface area contributed by atoms with Crippen LogP contribution in [0.2, 0.25) is 0 Å². The minimum atomic E-state index is -0.440. The Bertz CT molecular complexity index is 142. The highest BCUT2D eigenvalue weighted by molar-refractivity contribution is 6.55. The predicted octanol–water partition coefficient (Wildman–Crippen LogP) is 0.897. The summed E-state index contributed by atoms with van der Waals surface area (Å²) in [4.78, 5) is 0. The summed E-state index contributed by atoms with van der Waals surface area (Å²) in [5.41, 5.74) is 5.63. The lowest BCUT2D eigenvalue weighted by atomic mass is 10.3. The van der Waals surface area contributed by atoms with Crippen molar-refractivity contribution in [1.29, 1.82) is 0 Å². The Morgan fingerprint density at radius 1 is 1.56 bits per heavy atom. The van der Waals surface area contributed by atoms with E-state index >= 15 is 0 Å². The van der Waals surface area contributed by atoms with Crippen LogP contribution >= 0.6 is 0 Å². The molecule has 1 heteroatoms. The van der Waals surface area contributed by atoms with E-state index in [1.807, 2.05) is 0 Å². The topological polar surface area (TPSA) is 0 Å². The molecule has 0 aliphatic carbocycles. The minimum Gasteiger partial charge on any atom is -0.127 e. The molecule has 0 saturated heterocycles. The van der Waals surface area contributed by atoms with Gasteiger partial charge in [0.2, 0.25) is 0 Å². The first-order valence-corrected chi connectivity index (χ1v) is 4.72. The van der Waals surface area contributed by atoms with Gasteiger partial charge in [-0.1, -0.05) is 13.3 Å². The third-order valence-electron chi connectivity index (χ3n) is 0.971. The van der Waals surface area contributed by atoms with Gasteiger partial charge in [0.15, 0.2) is 9.52 Å². The number of rotatable bonds is 2. The highest BCUT2D eigenvalue weighted by Gasteiger charge is 1.74. The van der Waals surface area contributed by atoms with E-state index in [1.165, 1.54) is 12.8 Å². The van der Waals surface area contributed by atoms with Gasteiger partial charge in [-0.05, 0) is 6.42 Å². The van der Waals surface area contributed by atoms with Crippen LogP contribution in [0.25, 0.3) is 0 Å². The molecule has 0 atom stereocenters. The third kappa shape index (κ3) is 7.34. The number of unbranched alkanes of at least 4 members (excludes halogenated alkanes) is 2. The van der Waals surface area contributed by atoms with E-state index in [2.05, 4.69) is 23.9 Å². The lowest BCUT2D eigenvalue weighted by Crippen LogP contribution is -1.76. The summed E-state index contributed by atoms with van der Waals surface area (Å²) in [7, 11) is -0.440. The van der Waals surface area contributed by atoms with Gasteiger partial charge in [-0.2, -0.15) is 0 Å². The molecule has 0 nitrogen and oxygen atoms in total. The van der Waals surface area contributed by atoms with Crippen molar-refractivity contribution in [3.05, 3.63) is 0 Å². The third-order valence-corrected chi connectivity index (χ3v) is 1.60. The van der Waals surface area contributed by atoms with E-state index in [9.17, 15) is 0 Å². The van der Waals surface area contributed by atoms with Crippen molar-refractivity contribution in [2.75, 3.05) is 0 Å². The molecular formula is C8H12Si. The fourth-order valence-electron chi connectivity index (χ4n) is 0.467. The zero-order chi connectivity index (χ0) is 6.95. The summed E-state index contributed by atoms with van der Waals surface area (Å²) < 4.78 is 0. The van der Waals surface area contributed by atoms with Crippen molar-refractivity contribution >= 4 is 9.52 Å². The van der Waals surface area contributed by atoms with Gasteiger partial charge < -0.3 is 0 Å². The van der Waals surface area contributed by atoms with Gasteiger partial charge >= 0.3 is 0 Å². The van der Waals surface area contributed by atoms with Gasteiger partial charge in [-0.25, -0.2) is 0 Å². The van der Waals surface area contributed by atoms with Gasteiger partial charge in [-0.3, -0.25) is 0 Å². The largest absolute Gasteiger partial charge is 0.187 e. The summed E-state index contributed by atoms with van der Waals surface area (Å²) in [6.07, 6.45) is 8.53. The molecule has 0 N–H and O–H groups in total. The summed E-state index contributed by atoms with van der Waals surface area (Å²) in [5.74, 6) is 3.06. The van der Waals surface area contributed by atoms with Crippen molar-refractivity contribution in [2.45, 2.75) is 26.2 Å². The second-order valence-electron chi connectivity index (χ2n) is 1.84. The monoisotopic (exact) mass is 136 g/mol. The number of terminal acetylenes is 1. The zero-order valence-corrected chi connectivity index (χ0v) is 7.32. The second-order valence-corrected chi connectivity index (χ2v) is 2.95. The van der Waals surface area contributed by atoms with E-state index in [0.717, 1.165) is 6.42 Å². The normalized spacial score (nSPS) is 8.44. The van der Waals surface area contributed by atoms with Crippen LogP contribution < -0.4 is 0 Å². The summed E-state index contributed by atoms with van der Waals surface area (Å²) >= 11 is 0. The molecule has 0 fully saturated rings. The molecule has 0 heterocycles. The molecule has 0 aromatic heterocycles. The predicted molar refractivity (Wildman–Crippen MR) is 44.7 cm³/mol. The Balaban J connectivity index is 3.08. The Morgan fingerprint density at radius 2 is 2.33 bits per heavy atom. The maximum absolute atomic E-state index is 5.05. The van der Waals surface area contributed by atoms with Crippen LogP contribution in [0.4, 0.5) is 0 Å². The maximum atomic E-state index is 5.05. The molecule has 48 valence electrons. The van der Waals surface area contributed by atoms with Crippen molar-refractivity contribution < 1.29 is 0 Å². The minimum absolute atomic E-state index is 0.440. The van der Waals surface area contributed by atoms with Crippen LogP contribution in [0.3, 0.4) is 0 Å². The molecule has 0 unspecified atom stereocenters. The highest BCUT2D eigenvalue weighted by atomic mass is 28.2. The quantitative estimate of drug-likeness (QED) is 0.300. The molecule has 0 spiro atoms. The average molecular weight is 136 g/mol. The van der Waals surface area contributed by atoms with Gasteiger partial charge in [0, 0.05) is 6.42 Å². The Morgan fingerprint density at radius 3 is 2.89 bits per heavy atom. The van der Waals surface area contributed by atoms with Crippen LogP contribution in [-0.4, -0.2) is 9.52 Å². The van der Waals surface area contributed by atoms with Gasteiger partial charge in [-0.15, -0.1) is 23.4 Å². The van der Waals surface area contributed by atoms with Gasteiger partial charge in [0.1, 0.15) is 0 Å². The molecule has 9 heavy (non-hydrogen) atoms. The smallest absolute Gasteiger partial charge is 0.127 e. The first-order valence-electron chi connectivity index (χ1n) is 3.31. The van der Waals surface area contributed by atoms with Gasteiger partial charge in [0.05, 0.1) is 0 Å². The average Bonchev–Trinajstić information content (AvgIpc) is 1.89. The second kappa shape index (κ2) is 7.34. The molecule has 0 aromatic carbocycles. The van der Waals surface area contributed by atoms with Crippen LogP contribution in [0.1, 0.15) is 26.2 Å². The van der Waals surface area contributed by atoms with E-state index < -0.39 is 9.52 Å². The fraction of sp³-hybridized carbons (Fsp3) is 0.500. The zero-order valence-electron chi connectivity index (χ0n) is 5.91. The Hall–Kier alpha value is -0.663. The molecule has 0 rings (SSSR count). The van der Waals surface area contributed by atoms with E-state index in [1.54, 1.807) is 0 Å². The molecule has 0 radical (unpaired) electrons. The van der Waals surface area contributed by atoms with Crippen molar-refractivity contribution in [1.82, 2.24) is 0 Å². The van der Waals surface area contributed by atoms with Gasteiger partial charge in [0.25, 0.3) is 0 Å². The molecule has 0 aliphatic rings. The molecule has 0 saturated carbocycles. The van der Waals surface area contributed by atoms with Crippen LogP contribution in [-0.2, 0) is 0 Å². The van der Waals surface area contributed by atoms with Crippen LogP contribution in [0.15, 0.2) is 0 Å². The summed E-state index contributed by atoms with van der Waals surface area (Å²) in [6.45, 7) is 2.17. The molecule has 0 bridgehead atoms. The maximum Gasteiger partial charge on any atom is 0.187 e. The Kier molecular flexibility index (Phi) is 6.80. The van der Waals surface area contributed by atoms with Crippen molar-refractivity contribution in [2.24, 2.45) is 0 Å². The van der Waals surface area contributed by atoms with Crippen LogP contribution in [0, 0.1) is 23.4 Å². The fourth-order valence-corrected chi connectivity index (χ4v) is 0.871. The number of hydrogen-bond acceptors (Lipinski definition) is 0. The lowest BCUT2D eigenvalue weighted by Gasteiger charge is -1.81. The molecule has 0 aromatic rings. The Labute approximate surface area is 59.9 Å². The highest BCUT2D eigenvalue weighted by Crippen LogP contribution is 1.89. The van der Waals surface area contributed by atoms with Crippen molar-refractivity contribution in [3.63, 3.8) is 0 Å². The summed E-state index contributed by atoms with van der Waals surface area (Å²) in [5, 5.41) is 0. The summed E-state index contributed by atoms with van der Waals surface area (Å²) in [6, 6.07) is 0. The first kappa shape index (κ1) is 8.34. The van der Waals surface area contributed by atoms with Crippen molar-refractivity contribution in [3.8, 4) is 23.4 Å². The lowest BCUT2D eigenvalue weighted by molar-refractivity contribution is 0.828. The standard InChI is InChI=1S/C8H12Si/c1-3-5-6-7-8-9-4-2/h2H,3,5-6,9H2,1H3. The van der Waals surface area contributed by atoms with Crippen LogP contribution in [0.5, 0.6) is 0 Å². The number of hydrogen-bond donors (Lipinski definition) is 0. The molecular weight excluding hydrogens is 124 g/mol. The van der Waals surface area contributed by atoms with E-state index in [4.69, 9.17) is 6.42 Å². The van der Waals surface area contributed by atoms with E-state index in [0.29, 0.717) is 0 Å². The SMILES string of the molecule is C#C[SiH2]C#CCCCC. The molecule has 0 amide bonds.